The van der Waals surface area contributed by atoms with Crippen LogP contribution in [-0.2, 0) is 18.4 Å². The fraction of sp³-hybridized carbons (Fsp3) is 0.714. The molecule has 0 spiro atoms. The Morgan fingerprint density at radius 1 is 1.60 bits per heavy atom. The number of hydrogen-bond acceptors (Lipinski definition) is 4. The second-order valence-electron chi connectivity index (χ2n) is 5.52. The van der Waals surface area contributed by atoms with Gasteiger partial charge in [-0.1, -0.05) is 6.92 Å². The zero-order valence-corrected chi connectivity index (χ0v) is 13.0. The van der Waals surface area contributed by atoms with E-state index in [2.05, 4.69) is 22.2 Å². The van der Waals surface area contributed by atoms with Gasteiger partial charge < -0.3 is 15.6 Å². The Morgan fingerprint density at radius 2 is 2.30 bits per heavy atom. The van der Waals surface area contributed by atoms with E-state index < -0.39 is 5.54 Å². The summed E-state index contributed by atoms with van der Waals surface area (Å²) in [7, 11) is 4.05. The number of amides is 1. The second kappa shape index (κ2) is 7.40. The Morgan fingerprint density at radius 3 is 2.80 bits per heavy atom. The molecule has 0 aromatic carbocycles. The van der Waals surface area contributed by atoms with E-state index in [9.17, 15) is 4.79 Å². The summed E-state index contributed by atoms with van der Waals surface area (Å²) in [5.74, 6) is 0.753. The van der Waals surface area contributed by atoms with E-state index in [4.69, 9.17) is 5.73 Å². The summed E-state index contributed by atoms with van der Waals surface area (Å²) in [6, 6.07) is 0. The Hall–Kier alpha value is -1.40. The van der Waals surface area contributed by atoms with E-state index in [1.165, 1.54) is 0 Å². The number of carbonyl (C=O) groups is 1. The third-order valence-corrected chi connectivity index (χ3v) is 3.66. The fourth-order valence-corrected chi connectivity index (χ4v) is 2.26. The molecule has 1 rings (SSSR count). The number of carbonyl (C=O) groups excluding carboxylic acids is 1. The molecule has 0 aliphatic rings. The topological polar surface area (TPSA) is 76.2 Å². The van der Waals surface area contributed by atoms with Crippen LogP contribution < -0.4 is 11.1 Å². The van der Waals surface area contributed by atoms with E-state index in [-0.39, 0.29) is 5.91 Å². The van der Waals surface area contributed by atoms with Crippen LogP contribution in [0.3, 0.4) is 0 Å². The van der Waals surface area contributed by atoms with Crippen molar-refractivity contribution in [2.24, 2.45) is 12.8 Å². The van der Waals surface area contributed by atoms with Crippen LogP contribution in [0.1, 0.15) is 32.5 Å². The molecule has 0 radical (unpaired) electrons. The quantitative estimate of drug-likeness (QED) is 0.690. The van der Waals surface area contributed by atoms with Crippen molar-refractivity contribution in [2.45, 2.75) is 38.8 Å². The summed E-state index contributed by atoms with van der Waals surface area (Å²) in [5.41, 5.74) is 4.86. The Balaban J connectivity index is 2.39. The van der Waals surface area contributed by atoms with E-state index in [1.54, 1.807) is 6.20 Å². The fourth-order valence-electron chi connectivity index (χ4n) is 2.26. The maximum absolute atomic E-state index is 11.5. The van der Waals surface area contributed by atoms with Crippen molar-refractivity contribution in [3.63, 3.8) is 0 Å². The molecule has 0 fully saturated rings. The summed E-state index contributed by atoms with van der Waals surface area (Å²) < 4.78 is 2.02. The normalized spacial score (nSPS) is 14.4. The van der Waals surface area contributed by atoms with Crippen molar-refractivity contribution in [2.75, 3.05) is 20.1 Å². The molecule has 1 aromatic heterocycles. The van der Waals surface area contributed by atoms with Gasteiger partial charge in [-0.3, -0.25) is 9.69 Å². The predicted molar refractivity (Wildman–Crippen MR) is 80.1 cm³/mol. The lowest BCUT2D eigenvalue weighted by Crippen LogP contribution is -2.53. The number of rotatable bonds is 9. The highest BCUT2D eigenvalue weighted by molar-refractivity contribution is 5.84. The van der Waals surface area contributed by atoms with Crippen LogP contribution in [0.15, 0.2) is 12.4 Å². The Bertz CT molecular complexity index is 431. The summed E-state index contributed by atoms with van der Waals surface area (Å²) in [6.07, 6.45) is 5.39. The second-order valence-corrected chi connectivity index (χ2v) is 5.52. The van der Waals surface area contributed by atoms with Crippen LogP contribution in [0.25, 0.3) is 0 Å². The van der Waals surface area contributed by atoms with Gasteiger partial charge in [0.25, 0.3) is 0 Å². The first kappa shape index (κ1) is 16.7. The Kier molecular flexibility index (Phi) is 6.16. The SMILES string of the molecule is CCNC(C)(CCCN(C)Cc1nccn1C)C(N)=O. The number of nitrogens with two attached hydrogens (primary N) is 1. The Labute approximate surface area is 121 Å². The van der Waals surface area contributed by atoms with Crippen LogP contribution >= 0.6 is 0 Å². The van der Waals surface area contributed by atoms with Gasteiger partial charge in [-0.15, -0.1) is 0 Å². The lowest BCUT2D eigenvalue weighted by Gasteiger charge is -2.28. The lowest BCUT2D eigenvalue weighted by molar-refractivity contribution is -0.124. The first-order valence-corrected chi connectivity index (χ1v) is 7.08. The molecule has 3 N–H and O–H groups in total. The minimum atomic E-state index is -0.612. The molecule has 1 aromatic rings. The minimum Gasteiger partial charge on any atom is -0.368 e. The number of hydrogen-bond donors (Lipinski definition) is 2. The number of primary amides is 1. The minimum absolute atomic E-state index is 0.286. The molecular formula is C14H27N5O. The van der Waals surface area contributed by atoms with E-state index >= 15 is 0 Å². The molecule has 20 heavy (non-hydrogen) atoms. The highest BCUT2D eigenvalue weighted by Gasteiger charge is 2.29. The highest BCUT2D eigenvalue weighted by Crippen LogP contribution is 2.12. The molecule has 1 atom stereocenters. The van der Waals surface area contributed by atoms with E-state index in [1.807, 2.05) is 31.7 Å². The number of aryl methyl sites for hydroxylation is 1. The maximum atomic E-state index is 11.5. The van der Waals surface area contributed by atoms with Gasteiger partial charge in [-0.05, 0) is 39.9 Å². The van der Waals surface area contributed by atoms with Crippen molar-refractivity contribution in [1.82, 2.24) is 19.8 Å². The van der Waals surface area contributed by atoms with Crippen LogP contribution in [0, 0.1) is 0 Å². The first-order chi connectivity index (χ1) is 9.39. The van der Waals surface area contributed by atoms with Crippen LogP contribution in [-0.4, -0.2) is 46.0 Å². The van der Waals surface area contributed by atoms with Crippen molar-refractivity contribution >= 4 is 5.91 Å². The molecule has 1 amide bonds. The third-order valence-electron chi connectivity index (χ3n) is 3.66. The van der Waals surface area contributed by atoms with E-state index in [0.717, 1.165) is 38.3 Å². The largest absolute Gasteiger partial charge is 0.368 e. The van der Waals surface area contributed by atoms with Crippen molar-refractivity contribution in [1.29, 1.82) is 0 Å². The molecule has 0 aliphatic heterocycles. The molecule has 6 heteroatoms. The zero-order chi connectivity index (χ0) is 15.2. The van der Waals surface area contributed by atoms with Crippen molar-refractivity contribution < 1.29 is 4.79 Å². The number of nitrogens with zero attached hydrogens (tertiary/aromatic N) is 3. The van der Waals surface area contributed by atoms with Crippen molar-refractivity contribution in [3.8, 4) is 0 Å². The van der Waals surface area contributed by atoms with Gasteiger partial charge in [0.15, 0.2) is 0 Å². The monoisotopic (exact) mass is 281 g/mol. The maximum Gasteiger partial charge on any atom is 0.237 e. The number of aromatic nitrogens is 2. The molecule has 0 saturated heterocycles. The predicted octanol–water partition coefficient (Wildman–Crippen LogP) is 0.486. The number of nitrogens with one attached hydrogen (secondary N) is 1. The highest BCUT2D eigenvalue weighted by atomic mass is 16.1. The smallest absolute Gasteiger partial charge is 0.237 e. The molecule has 6 nitrogen and oxygen atoms in total. The van der Waals surface area contributed by atoms with E-state index in [0.29, 0.717) is 0 Å². The molecule has 1 unspecified atom stereocenters. The average Bonchev–Trinajstić information content (AvgIpc) is 2.75. The molecular weight excluding hydrogens is 254 g/mol. The van der Waals surface area contributed by atoms with Gasteiger partial charge in [0, 0.05) is 19.4 Å². The van der Waals surface area contributed by atoms with Gasteiger partial charge in [0.1, 0.15) is 5.82 Å². The van der Waals surface area contributed by atoms with Crippen LogP contribution in [0.2, 0.25) is 0 Å². The number of imidazole rings is 1. The number of likely N-dealkylation sites (N-methyl/N-ethyl adjacent to an activating group) is 1. The third kappa shape index (κ3) is 4.61. The standard InChI is InChI=1S/C14H27N5O/c1-5-17-14(2,13(15)20)7-6-9-18(3)11-12-16-8-10-19(12)4/h8,10,17H,5-7,9,11H2,1-4H3,(H2,15,20). The summed E-state index contributed by atoms with van der Waals surface area (Å²) in [6.45, 7) is 6.30. The van der Waals surface area contributed by atoms with Gasteiger partial charge in [0.2, 0.25) is 5.91 Å². The summed E-state index contributed by atoms with van der Waals surface area (Å²) in [4.78, 5) is 18.0. The molecule has 0 saturated carbocycles. The van der Waals surface area contributed by atoms with Gasteiger partial charge >= 0.3 is 0 Å². The molecule has 114 valence electrons. The van der Waals surface area contributed by atoms with Gasteiger partial charge in [-0.25, -0.2) is 4.98 Å². The summed E-state index contributed by atoms with van der Waals surface area (Å²) >= 11 is 0. The van der Waals surface area contributed by atoms with Gasteiger partial charge in [-0.2, -0.15) is 0 Å². The van der Waals surface area contributed by atoms with Crippen LogP contribution in [0.5, 0.6) is 0 Å². The first-order valence-electron chi connectivity index (χ1n) is 7.08. The summed E-state index contributed by atoms with van der Waals surface area (Å²) in [5, 5.41) is 3.18. The zero-order valence-electron chi connectivity index (χ0n) is 13.0. The lowest BCUT2D eigenvalue weighted by atomic mass is 9.95. The molecule has 0 bridgehead atoms. The van der Waals surface area contributed by atoms with Gasteiger partial charge in [0.05, 0.1) is 12.1 Å². The van der Waals surface area contributed by atoms with Crippen molar-refractivity contribution in [3.05, 3.63) is 18.2 Å². The molecule has 0 aliphatic carbocycles. The van der Waals surface area contributed by atoms with Crippen LogP contribution in [0.4, 0.5) is 0 Å². The average molecular weight is 281 g/mol. The molecule has 1 heterocycles.